The number of rotatable bonds is 8. The predicted octanol–water partition coefficient (Wildman–Crippen LogP) is 0.815. The highest BCUT2D eigenvalue weighted by Crippen LogP contribution is 2.13. The Labute approximate surface area is 117 Å². The molecule has 8 nitrogen and oxygen atoms in total. The Morgan fingerprint density at radius 2 is 2.20 bits per heavy atom. The van der Waals surface area contributed by atoms with Crippen molar-refractivity contribution in [2.75, 3.05) is 6.54 Å². The van der Waals surface area contributed by atoms with Gasteiger partial charge in [-0.2, -0.15) is 5.10 Å². The average Bonchev–Trinajstić information content (AvgIpc) is 2.92. The number of nitrogens with zero attached hydrogens (tertiary/aromatic N) is 3. The smallest absolute Gasteiger partial charge is 0.306 e. The van der Waals surface area contributed by atoms with Crippen molar-refractivity contribution in [3.63, 3.8) is 0 Å². The van der Waals surface area contributed by atoms with Crippen LogP contribution < -0.4 is 11.1 Å². The minimum absolute atomic E-state index is 0.0798. The first-order chi connectivity index (χ1) is 9.46. The summed E-state index contributed by atoms with van der Waals surface area (Å²) < 4.78 is 1.39. The van der Waals surface area contributed by atoms with Crippen LogP contribution in [0.15, 0.2) is 12.4 Å². The van der Waals surface area contributed by atoms with Gasteiger partial charge in [0.05, 0.1) is 10.5 Å². The minimum Gasteiger partial charge on any atom is -0.349 e. The number of aryl methyl sites for hydroxylation is 1. The van der Waals surface area contributed by atoms with Gasteiger partial charge in [0.1, 0.15) is 12.4 Å². The summed E-state index contributed by atoms with van der Waals surface area (Å²) in [6, 6.07) is 0. The first-order valence-corrected chi connectivity index (χ1v) is 6.64. The fourth-order valence-corrected chi connectivity index (χ4v) is 1.91. The van der Waals surface area contributed by atoms with Crippen LogP contribution in [0.3, 0.4) is 0 Å². The monoisotopic (exact) mass is 283 g/mol. The quantitative estimate of drug-likeness (QED) is 0.541. The summed E-state index contributed by atoms with van der Waals surface area (Å²) in [4.78, 5) is 21.9. The van der Waals surface area contributed by atoms with Crippen LogP contribution in [0.5, 0.6) is 0 Å². The molecule has 0 saturated carbocycles. The largest absolute Gasteiger partial charge is 0.349 e. The van der Waals surface area contributed by atoms with E-state index in [1.54, 1.807) is 0 Å². The van der Waals surface area contributed by atoms with Gasteiger partial charge in [-0.25, -0.2) is 0 Å². The molecule has 0 unspecified atom stereocenters. The third-order valence-electron chi connectivity index (χ3n) is 3.55. The van der Waals surface area contributed by atoms with Crippen LogP contribution in [-0.4, -0.2) is 32.7 Å². The van der Waals surface area contributed by atoms with E-state index in [1.165, 1.54) is 17.1 Å². The third kappa shape index (κ3) is 4.02. The molecule has 112 valence electrons. The Morgan fingerprint density at radius 1 is 1.55 bits per heavy atom. The number of carbonyl (C=O) groups is 1. The lowest BCUT2D eigenvalue weighted by Crippen LogP contribution is -2.53. The van der Waals surface area contributed by atoms with Crippen LogP contribution in [-0.2, 0) is 11.3 Å². The first kappa shape index (κ1) is 16.1. The fourth-order valence-electron chi connectivity index (χ4n) is 1.91. The summed E-state index contributed by atoms with van der Waals surface area (Å²) in [6.45, 7) is 4.65. The molecule has 1 aromatic heterocycles. The van der Waals surface area contributed by atoms with Crippen molar-refractivity contribution in [1.29, 1.82) is 0 Å². The first-order valence-electron chi connectivity index (χ1n) is 6.64. The molecule has 1 aromatic rings. The molecule has 0 bridgehead atoms. The number of nitro groups is 1. The van der Waals surface area contributed by atoms with E-state index >= 15 is 0 Å². The molecule has 0 aliphatic rings. The van der Waals surface area contributed by atoms with Gasteiger partial charge in [-0.15, -0.1) is 0 Å². The molecule has 3 N–H and O–H groups in total. The molecule has 20 heavy (non-hydrogen) atoms. The lowest BCUT2D eigenvalue weighted by Gasteiger charge is -2.31. The van der Waals surface area contributed by atoms with Crippen molar-refractivity contribution < 1.29 is 9.72 Å². The number of aromatic nitrogens is 2. The van der Waals surface area contributed by atoms with Crippen LogP contribution in [0.4, 0.5) is 5.69 Å². The molecular formula is C12H21N5O3. The maximum absolute atomic E-state index is 11.9. The lowest BCUT2D eigenvalue weighted by atomic mass is 9.93. The summed E-state index contributed by atoms with van der Waals surface area (Å²) >= 11 is 0. The van der Waals surface area contributed by atoms with E-state index in [2.05, 4.69) is 10.4 Å². The standard InChI is InChI=1S/C12H21N5O3/c1-3-12(4-2,9-13)15-11(18)5-6-16-8-10(7-14-16)17(19)20/h7-8H,3-6,9,13H2,1-2H3,(H,15,18). The highest BCUT2D eigenvalue weighted by atomic mass is 16.6. The van der Waals surface area contributed by atoms with E-state index in [4.69, 9.17) is 5.73 Å². The summed E-state index contributed by atoms with van der Waals surface area (Å²) in [5.74, 6) is -0.127. The van der Waals surface area contributed by atoms with Crippen molar-refractivity contribution in [2.45, 2.75) is 45.2 Å². The Morgan fingerprint density at radius 3 is 2.65 bits per heavy atom. The average molecular weight is 283 g/mol. The predicted molar refractivity (Wildman–Crippen MR) is 74.0 cm³/mol. The molecule has 0 aliphatic carbocycles. The molecule has 0 radical (unpaired) electrons. The highest BCUT2D eigenvalue weighted by Gasteiger charge is 2.26. The number of nitrogens with two attached hydrogens (primary N) is 1. The zero-order valence-electron chi connectivity index (χ0n) is 11.8. The van der Waals surface area contributed by atoms with Gasteiger partial charge in [-0.05, 0) is 12.8 Å². The van der Waals surface area contributed by atoms with Crippen LogP contribution in [0, 0.1) is 10.1 Å². The van der Waals surface area contributed by atoms with Crippen molar-refractivity contribution in [3.05, 3.63) is 22.5 Å². The molecule has 8 heteroatoms. The second kappa shape index (κ2) is 6.99. The van der Waals surface area contributed by atoms with Gasteiger partial charge in [0.25, 0.3) is 0 Å². The highest BCUT2D eigenvalue weighted by molar-refractivity contribution is 5.76. The molecule has 1 rings (SSSR count). The van der Waals surface area contributed by atoms with Gasteiger partial charge < -0.3 is 11.1 Å². The van der Waals surface area contributed by atoms with Gasteiger partial charge in [-0.1, -0.05) is 13.8 Å². The van der Waals surface area contributed by atoms with Crippen molar-refractivity contribution in [1.82, 2.24) is 15.1 Å². The molecule has 0 aromatic carbocycles. The van der Waals surface area contributed by atoms with Crippen molar-refractivity contribution in [2.24, 2.45) is 5.73 Å². The molecule has 0 saturated heterocycles. The zero-order chi connectivity index (χ0) is 15.2. The van der Waals surface area contributed by atoms with Crippen LogP contribution in [0.1, 0.15) is 33.1 Å². The second-order valence-corrected chi connectivity index (χ2v) is 4.71. The Balaban J connectivity index is 2.52. The van der Waals surface area contributed by atoms with Gasteiger partial charge in [0.15, 0.2) is 0 Å². The molecule has 0 fully saturated rings. The van der Waals surface area contributed by atoms with Crippen LogP contribution in [0.2, 0.25) is 0 Å². The van der Waals surface area contributed by atoms with E-state index in [0.29, 0.717) is 13.1 Å². The molecular weight excluding hydrogens is 262 g/mol. The maximum Gasteiger partial charge on any atom is 0.306 e. The summed E-state index contributed by atoms with van der Waals surface area (Å²) in [5, 5.41) is 17.3. The van der Waals surface area contributed by atoms with E-state index in [0.717, 1.165) is 12.8 Å². The Hall–Kier alpha value is -1.96. The molecule has 1 amide bonds. The van der Waals surface area contributed by atoms with Crippen molar-refractivity contribution in [3.8, 4) is 0 Å². The van der Waals surface area contributed by atoms with Crippen molar-refractivity contribution >= 4 is 11.6 Å². The normalized spacial score (nSPS) is 11.3. The number of hydrogen-bond acceptors (Lipinski definition) is 5. The van der Waals surface area contributed by atoms with E-state index in [9.17, 15) is 14.9 Å². The van der Waals surface area contributed by atoms with E-state index in [1.807, 2.05) is 13.8 Å². The zero-order valence-corrected chi connectivity index (χ0v) is 11.8. The molecule has 0 aliphatic heterocycles. The van der Waals surface area contributed by atoms with E-state index in [-0.39, 0.29) is 23.6 Å². The molecule has 0 atom stereocenters. The SMILES string of the molecule is CCC(CC)(CN)NC(=O)CCn1cc([N+](=O)[O-])cn1. The van der Waals surface area contributed by atoms with E-state index < -0.39 is 4.92 Å². The van der Waals surface area contributed by atoms with Gasteiger partial charge in [0, 0.05) is 19.5 Å². The van der Waals surface area contributed by atoms with Gasteiger partial charge >= 0.3 is 5.69 Å². The Kier molecular flexibility index (Phi) is 5.63. The van der Waals surface area contributed by atoms with Gasteiger partial charge in [-0.3, -0.25) is 19.6 Å². The molecule has 1 heterocycles. The fraction of sp³-hybridized carbons (Fsp3) is 0.667. The summed E-state index contributed by atoms with van der Waals surface area (Å²) in [5.41, 5.74) is 5.27. The number of hydrogen-bond donors (Lipinski definition) is 2. The Bertz CT molecular complexity index is 459. The minimum atomic E-state index is -0.517. The topological polar surface area (TPSA) is 116 Å². The summed E-state index contributed by atoms with van der Waals surface area (Å²) in [6.07, 6.45) is 4.21. The third-order valence-corrected chi connectivity index (χ3v) is 3.55. The maximum atomic E-state index is 11.9. The molecule has 0 spiro atoms. The van der Waals surface area contributed by atoms with Gasteiger partial charge in [0.2, 0.25) is 5.91 Å². The number of amides is 1. The number of carbonyl (C=O) groups excluding carboxylic acids is 1. The summed E-state index contributed by atoms with van der Waals surface area (Å²) in [7, 11) is 0. The van der Waals surface area contributed by atoms with Crippen LogP contribution in [0.25, 0.3) is 0 Å². The van der Waals surface area contributed by atoms with Crippen LogP contribution >= 0.6 is 0 Å². The second-order valence-electron chi connectivity index (χ2n) is 4.71. The lowest BCUT2D eigenvalue weighted by molar-refractivity contribution is -0.385. The number of nitrogens with one attached hydrogen (secondary N) is 1.